The van der Waals surface area contributed by atoms with Crippen LogP contribution in [0, 0.1) is 5.82 Å². The summed E-state index contributed by atoms with van der Waals surface area (Å²) in [6, 6.07) is 10.1. The van der Waals surface area contributed by atoms with E-state index in [1.165, 1.54) is 12.1 Å². The normalized spacial score (nSPS) is 10.3. The fraction of sp³-hybridized carbons (Fsp3) is 0.294. The van der Waals surface area contributed by atoms with E-state index in [4.69, 9.17) is 0 Å². The van der Waals surface area contributed by atoms with E-state index in [1.807, 2.05) is 13.0 Å². The first kappa shape index (κ1) is 15.9. The molecule has 4 nitrogen and oxygen atoms in total. The summed E-state index contributed by atoms with van der Waals surface area (Å²) in [7, 11) is 0. The van der Waals surface area contributed by atoms with Crippen molar-refractivity contribution in [1.82, 2.24) is 4.98 Å². The predicted octanol–water partition coefficient (Wildman–Crippen LogP) is 3.61. The molecule has 2 aromatic rings. The number of carbonyl (C=O) groups is 1. The van der Waals surface area contributed by atoms with Gasteiger partial charge in [0.25, 0.3) is 0 Å². The average molecular weight is 301 g/mol. The Morgan fingerprint density at radius 1 is 1.18 bits per heavy atom. The molecule has 1 amide bonds. The molecule has 22 heavy (non-hydrogen) atoms. The summed E-state index contributed by atoms with van der Waals surface area (Å²) in [5, 5.41) is 5.99. The lowest BCUT2D eigenvalue weighted by Crippen LogP contribution is -2.12. The molecule has 0 aliphatic heterocycles. The third-order valence-electron chi connectivity index (χ3n) is 3.16. The summed E-state index contributed by atoms with van der Waals surface area (Å²) in [6.07, 6.45) is 3.80. The molecule has 1 aromatic carbocycles. The lowest BCUT2D eigenvalue weighted by molar-refractivity contribution is -0.116. The zero-order chi connectivity index (χ0) is 15.8. The second kappa shape index (κ2) is 8.12. The third-order valence-corrected chi connectivity index (χ3v) is 3.16. The van der Waals surface area contributed by atoms with Gasteiger partial charge in [-0.05, 0) is 42.7 Å². The van der Waals surface area contributed by atoms with Gasteiger partial charge in [0.2, 0.25) is 5.91 Å². The van der Waals surface area contributed by atoms with Crippen molar-refractivity contribution in [2.45, 2.75) is 26.2 Å². The Labute approximate surface area is 129 Å². The van der Waals surface area contributed by atoms with Crippen molar-refractivity contribution < 1.29 is 9.18 Å². The minimum Gasteiger partial charge on any atom is -0.383 e. The van der Waals surface area contributed by atoms with Crippen LogP contribution in [0.3, 0.4) is 0 Å². The molecule has 0 aliphatic rings. The molecule has 5 heteroatoms. The van der Waals surface area contributed by atoms with Crippen molar-refractivity contribution in [3.05, 3.63) is 54.0 Å². The topological polar surface area (TPSA) is 54.0 Å². The van der Waals surface area contributed by atoms with Crippen molar-refractivity contribution in [3.63, 3.8) is 0 Å². The molecule has 0 bridgehead atoms. The number of hydrogen-bond acceptors (Lipinski definition) is 3. The fourth-order valence-electron chi connectivity index (χ4n) is 2.01. The highest BCUT2D eigenvalue weighted by Crippen LogP contribution is 2.11. The predicted molar refractivity (Wildman–Crippen MR) is 86.4 cm³/mol. The fourth-order valence-corrected chi connectivity index (χ4v) is 2.01. The van der Waals surface area contributed by atoms with Gasteiger partial charge in [-0.2, -0.15) is 0 Å². The number of hydrogen-bond donors (Lipinski definition) is 2. The molecule has 2 N–H and O–H groups in total. The van der Waals surface area contributed by atoms with Gasteiger partial charge in [-0.25, -0.2) is 9.37 Å². The first-order chi connectivity index (χ1) is 10.7. The molecule has 0 saturated heterocycles. The number of nitrogens with one attached hydrogen (secondary N) is 2. The summed E-state index contributed by atoms with van der Waals surface area (Å²) in [5.74, 6) is 0.316. The van der Waals surface area contributed by atoms with Crippen LogP contribution in [0.1, 0.15) is 25.3 Å². The maximum absolute atomic E-state index is 12.8. The Balaban J connectivity index is 1.78. The van der Waals surface area contributed by atoms with E-state index in [2.05, 4.69) is 15.6 Å². The second-order valence-electron chi connectivity index (χ2n) is 5.03. The Bertz CT molecular complexity index is 596. The van der Waals surface area contributed by atoms with Crippen LogP contribution in [0.25, 0.3) is 0 Å². The molecule has 0 spiro atoms. The molecule has 1 aromatic heterocycles. The number of pyridine rings is 1. The zero-order valence-corrected chi connectivity index (χ0v) is 12.6. The average Bonchev–Trinajstić information content (AvgIpc) is 2.51. The monoisotopic (exact) mass is 301 g/mol. The van der Waals surface area contributed by atoms with E-state index >= 15 is 0 Å². The first-order valence-corrected chi connectivity index (χ1v) is 7.41. The minimum atomic E-state index is -0.221. The van der Waals surface area contributed by atoms with E-state index in [1.54, 1.807) is 24.4 Å². The van der Waals surface area contributed by atoms with Crippen molar-refractivity contribution in [3.8, 4) is 0 Å². The number of amides is 1. The molecule has 0 atom stereocenters. The number of rotatable bonds is 7. The van der Waals surface area contributed by atoms with Crippen LogP contribution in [0.2, 0.25) is 0 Å². The zero-order valence-electron chi connectivity index (χ0n) is 12.6. The number of anilines is 2. The molecule has 0 saturated carbocycles. The molecule has 1 heterocycles. The Morgan fingerprint density at radius 2 is 1.95 bits per heavy atom. The van der Waals surface area contributed by atoms with E-state index in [9.17, 15) is 9.18 Å². The quantitative estimate of drug-likeness (QED) is 0.821. The van der Waals surface area contributed by atoms with Crippen molar-refractivity contribution >= 4 is 17.4 Å². The van der Waals surface area contributed by atoms with Crippen LogP contribution in [0.5, 0.6) is 0 Å². The van der Waals surface area contributed by atoms with Crippen molar-refractivity contribution in [2.24, 2.45) is 0 Å². The van der Waals surface area contributed by atoms with Gasteiger partial charge >= 0.3 is 0 Å². The van der Waals surface area contributed by atoms with Gasteiger partial charge in [-0.1, -0.05) is 19.1 Å². The molecular formula is C17H20FN3O. The molecule has 2 rings (SSSR count). The molecule has 0 aliphatic carbocycles. The highest BCUT2D eigenvalue weighted by Gasteiger charge is 2.02. The molecule has 0 unspecified atom stereocenters. The number of carbonyl (C=O) groups excluding carboxylic acids is 1. The Morgan fingerprint density at radius 3 is 2.59 bits per heavy atom. The molecule has 0 radical (unpaired) electrons. The lowest BCUT2D eigenvalue weighted by atomic mass is 10.1. The molecular weight excluding hydrogens is 281 g/mol. The van der Waals surface area contributed by atoms with Gasteiger partial charge in [0.05, 0.1) is 11.9 Å². The standard InChI is InChI=1S/C17H20FN3O/c1-2-3-17(22)21-16-9-8-15(12-20-16)19-11-10-13-4-6-14(18)7-5-13/h4-9,12,19H,2-3,10-11H2,1H3,(H,20,21,22). The number of nitrogens with zero attached hydrogens (tertiary/aromatic N) is 1. The van der Waals surface area contributed by atoms with Crippen molar-refractivity contribution in [1.29, 1.82) is 0 Å². The van der Waals surface area contributed by atoms with Crippen LogP contribution in [-0.4, -0.2) is 17.4 Å². The van der Waals surface area contributed by atoms with Gasteiger partial charge in [-0.15, -0.1) is 0 Å². The summed E-state index contributed by atoms with van der Waals surface area (Å²) < 4.78 is 12.8. The first-order valence-electron chi connectivity index (χ1n) is 7.41. The summed E-state index contributed by atoms with van der Waals surface area (Å²) >= 11 is 0. The Kier molecular flexibility index (Phi) is 5.89. The molecule has 116 valence electrons. The second-order valence-corrected chi connectivity index (χ2v) is 5.03. The van der Waals surface area contributed by atoms with Crippen LogP contribution in [-0.2, 0) is 11.2 Å². The maximum atomic E-state index is 12.8. The Hall–Kier alpha value is -2.43. The SMILES string of the molecule is CCCC(=O)Nc1ccc(NCCc2ccc(F)cc2)cn1. The van der Waals surface area contributed by atoms with Gasteiger partial charge in [0.1, 0.15) is 11.6 Å². The minimum absolute atomic E-state index is 0.0213. The number of halogens is 1. The van der Waals surface area contributed by atoms with Gasteiger partial charge in [0, 0.05) is 13.0 Å². The van der Waals surface area contributed by atoms with E-state index in [0.29, 0.717) is 12.2 Å². The van der Waals surface area contributed by atoms with Gasteiger partial charge < -0.3 is 10.6 Å². The van der Waals surface area contributed by atoms with E-state index < -0.39 is 0 Å². The number of aromatic nitrogens is 1. The lowest BCUT2D eigenvalue weighted by Gasteiger charge is -2.08. The van der Waals surface area contributed by atoms with E-state index in [0.717, 1.165) is 30.6 Å². The van der Waals surface area contributed by atoms with Crippen LogP contribution in [0.4, 0.5) is 15.9 Å². The summed E-state index contributed by atoms with van der Waals surface area (Å²) in [4.78, 5) is 15.7. The van der Waals surface area contributed by atoms with Crippen LogP contribution >= 0.6 is 0 Å². The van der Waals surface area contributed by atoms with Gasteiger partial charge in [-0.3, -0.25) is 4.79 Å². The van der Waals surface area contributed by atoms with E-state index in [-0.39, 0.29) is 11.7 Å². The summed E-state index contributed by atoms with van der Waals surface area (Å²) in [6.45, 7) is 2.69. The maximum Gasteiger partial charge on any atom is 0.225 e. The largest absolute Gasteiger partial charge is 0.383 e. The molecule has 0 fully saturated rings. The van der Waals surface area contributed by atoms with Crippen LogP contribution in [0.15, 0.2) is 42.6 Å². The van der Waals surface area contributed by atoms with Crippen LogP contribution < -0.4 is 10.6 Å². The smallest absolute Gasteiger partial charge is 0.225 e. The highest BCUT2D eigenvalue weighted by molar-refractivity contribution is 5.89. The highest BCUT2D eigenvalue weighted by atomic mass is 19.1. The van der Waals surface area contributed by atoms with Crippen molar-refractivity contribution in [2.75, 3.05) is 17.2 Å². The third kappa shape index (κ3) is 5.16. The van der Waals surface area contributed by atoms with Gasteiger partial charge in [0.15, 0.2) is 0 Å². The summed E-state index contributed by atoms with van der Waals surface area (Å²) in [5.41, 5.74) is 1.96. The number of benzene rings is 1.